The summed E-state index contributed by atoms with van der Waals surface area (Å²) in [4.78, 5) is 14.0. The molecule has 2 aromatic rings. The number of amides is 1. The zero-order chi connectivity index (χ0) is 15.2. The highest BCUT2D eigenvalue weighted by Crippen LogP contribution is 2.12. The molecule has 5 nitrogen and oxygen atoms in total. The molecule has 112 valence electrons. The van der Waals surface area contributed by atoms with Crippen LogP contribution in [-0.2, 0) is 0 Å². The van der Waals surface area contributed by atoms with E-state index in [4.69, 9.17) is 4.74 Å². The fourth-order valence-corrected chi connectivity index (χ4v) is 2.17. The van der Waals surface area contributed by atoms with E-state index in [1.807, 2.05) is 44.2 Å². The number of aromatic nitrogens is 2. The molecule has 0 saturated carbocycles. The van der Waals surface area contributed by atoms with Gasteiger partial charge in [-0.05, 0) is 32.4 Å². The van der Waals surface area contributed by atoms with Gasteiger partial charge in [0.05, 0.1) is 17.9 Å². The predicted octanol–water partition coefficient (Wildman–Crippen LogP) is 2.57. The van der Waals surface area contributed by atoms with Crippen LogP contribution in [-0.4, -0.2) is 41.2 Å². The fraction of sp³-hybridized carbons (Fsp3) is 0.375. The Morgan fingerprint density at radius 3 is 2.62 bits per heavy atom. The Morgan fingerprint density at radius 2 is 2.00 bits per heavy atom. The highest BCUT2D eigenvalue weighted by molar-refractivity contribution is 5.96. The third-order valence-corrected chi connectivity index (χ3v) is 3.34. The van der Waals surface area contributed by atoms with Crippen LogP contribution >= 0.6 is 0 Å². The first kappa shape index (κ1) is 15.1. The molecule has 5 heteroatoms. The van der Waals surface area contributed by atoms with Crippen LogP contribution in [0.5, 0.6) is 5.75 Å². The van der Waals surface area contributed by atoms with Crippen molar-refractivity contribution >= 4 is 5.91 Å². The second kappa shape index (κ2) is 6.92. The van der Waals surface area contributed by atoms with Crippen LogP contribution in [0.3, 0.4) is 0 Å². The summed E-state index contributed by atoms with van der Waals surface area (Å²) < 4.78 is 5.62. The molecule has 0 fully saturated rings. The lowest BCUT2D eigenvalue weighted by Crippen LogP contribution is -2.29. The molecule has 1 amide bonds. The molecule has 0 aliphatic carbocycles. The average Bonchev–Trinajstić information content (AvgIpc) is 2.83. The third kappa shape index (κ3) is 3.84. The predicted molar refractivity (Wildman–Crippen MR) is 81.6 cm³/mol. The van der Waals surface area contributed by atoms with Crippen molar-refractivity contribution < 1.29 is 9.53 Å². The molecule has 0 spiro atoms. The van der Waals surface area contributed by atoms with Gasteiger partial charge in [-0.1, -0.05) is 18.2 Å². The molecule has 1 N–H and O–H groups in total. The van der Waals surface area contributed by atoms with Crippen molar-refractivity contribution in [3.8, 4) is 5.75 Å². The number of para-hydroxylation sites is 1. The molecule has 1 aromatic carbocycles. The number of nitrogens with zero attached hydrogens (tertiary/aromatic N) is 2. The van der Waals surface area contributed by atoms with E-state index in [0.717, 1.165) is 23.6 Å². The lowest BCUT2D eigenvalue weighted by molar-refractivity contribution is 0.0786. The van der Waals surface area contributed by atoms with Gasteiger partial charge in [0.15, 0.2) is 0 Å². The van der Waals surface area contributed by atoms with Crippen molar-refractivity contribution in [3.63, 3.8) is 0 Å². The van der Waals surface area contributed by atoms with Gasteiger partial charge in [-0.3, -0.25) is 9.89 Å². The Balaban J connectivity index is 1.79. The van der Waals surface area contributed by atoms with Crippen LogP contribution < -0.4 is 4.74 Å². The minimum Gasteiger partial charge on any atom is -0.494 e. The van der Waals surface area contributed by atoms with Crippen LogP contribution in [0.2, 0.25) is 0 Å². The van der Waals surface area contributed by atoms with Crippen LogP contribution in [0, 0.1) is 13.8 Å². The van der Waals surface area contributed by atoms with Crippen molar-refractivity contribution in [1.82, 2.24) is 15.1 Å². The number of benzene rings is 1. The Kier molecular flexibility index (Phi) is 4.98. The van der Waals surface area contributed by atoms with E-state index in [-0.39, 0.29) is 5.91 Å². The number of carbonyl (C=O) groups is 1. The lowest BCUT2D eigenvalue weighted by Gasteiger charge is -2.17. The second-order valence-corrected chi connectivity index (χ2v) is 5.05. The number of hydrogen-bond acceptors (Lipinski definition) is 3. The molecule has 0 aliphatic heterocycles. The highest BCUT2D eigenvalue weighted by atomic mass is 16.5. The molecule has 0 atom stereocenters. The van der Waals surface area contributed by atoms with Gasteiger partial charge < -0.3 is 9.64 Å². The first-order valence-corrected chi connectivity index (χ1v) is 7.04. The summed E-state index contributed by atoms with van der Waals surface area (Å²) in [5.41, 5.74) is 2.22. The second-order valence-electron chi connectivity index (χ2n) is 5.05. The molecule has 1 heterocycles. The first-order chi connectivity index (χ1) is 10.1. The quantitative estimate of drug-likeness (QED) is 0.831. The van der Waals surface area contributed by atoms with Gasteiger partial charge in [0.25, 0.3) is 5.91 Å². The van der Waals surface area contributed by atoms with E-state index in [1.54, 1.807) is 11.9 Å². The van der Waals surface area contributed by atoms with E-state index in [2.05, 4.69) is 10.2 Å². The van der Waals surface area contributed by atoms with E-state index in [0.29, 0.717) is 18.7 Å². The number of H-pyrrole nitrogens is 1. The van der Waals surface area contributed by atoms with Gasteiger partial charge in [0, 0.05) is 19.3 Å². The molecule has 21 heavy (non-hydrogen) atoms. The van der Waals surface area contributed by atoms with Gasteiger partial charge in [-0.15, -0.1) is 0 Å². The molecular formula is C16H21N3O2. The molecule has 0 unspecified atom stereocenters. The van der Waals surface area contributed by atoms with Crippen molar-refractivity contribution in [2.24, 2.45) is 0 Å². The summed E-state index contributed by atoms with van der Waals surface area (Å²) >= 11 is 0. The van der Waals surface area contributed by atoms with Gasteiger partial charge in [-0.2, -0.15) is 5.10 Å². The molecule has 0 aliphatic rings. The number of hydrogen-bond donors (Lipinski definition) is 1. The number of rotatable bonds is 6. The minimum absolute atomic E-state index is 0.00142. The normalized spacial score (nSPS) is 10.4. The molecule has 0 saturated heterocycles. The highest BCUT2D eigenvalue weighted by Gasteiger charge is 2.18. The summed E-state index contributed by atoms with van der Waals surface area (Å²) in [6.07, 6.45) is 0.785. The molecular weight excluding hydrogens is 266 g/mol. The third-order valence-electron chi connectivity index (χ3n) is 3.34. The molecule has 0 radical (unpaired) electrons. The first-order valence-electron chi connectivity index (χ1n) is 7.04. The SMILES string of the molecule is Cc1n[nH]c(C)c1C(=O)N(C)CCCOc1ccccc1. The van der Waals surface area contributed by atoms with Crippen molar-refractivity contribution in [1.29, 1.82) is 0 Å². The number of aryl methyl sites for hydroxylation is 2. The van der Waals surface area contributed by atoms with E-state index in [9.17, 15) is 4.79 Å². The van der Waals surface area contributed by atoms with Crippen LogP contribution in [0.25, 0.3) is 0 Å². The monoisotopic (exact) mass is 287 g/mol. The summed E-state index contributed by atoms with van der Waals surface area (Å²) in [6.45, 7) is 4.93. The van der Waals surface area contributed by atoms with E-state index in [1.165, 1.54) is 0 Å². The average molecular weight is 287 g/mol. The van der Waals surface area contributed by atoms with Crippen LogP contribution in [0.15, 0.2) is 30.3 Å². The topological polar surface area (TPSA) is 58.2 Å². The Morgan fingerprint density at radius 1 is 1.29 bits per heavy atom. The summed E-state index contributed by atoms with van der Waals surface area (Å²) in [7, 11) is 1.80. The Hall–Kier alpha value is -2.30. The Bertz CT molecular complexity index is 573. The van der Waals surface area contributed by atoms with Crippen molar-refractivity contribution in [2.75, 3.05) is 20.2 Å². The summed E-state index contributed by atoms with van der Waals surface area (Å²) in [6, 6.07) is 9.68. The van der Waals surface area contributed by atoms with Crippen LogP contribution in [0.4, 0.5) is 0 Å². The van der Waals surface area contributed by atoms with E-state index < -0.39 is 0 Å². The zero-order valence-electron chi connectivity index (χ0n) is 12.7. The number of carbonyl (C=O) groups excluding carboxylic acids is 1. The summed E-state index contributed by atoms with van der Waals surface area (Å²) in [5.74, 6) is 0.853. The lowest BCUT2D eigenvalue weighted by atomic mass is 10.1. The zero-order valence-corrected chi connectivity index (χ0v) is 12.7. The largest absolute Gasteiger partial charge is 0.494 e. The molecule has 0 bridgehead atoms. The maximum atomic E-state index is 12.3. The maximum absolute atomic E-state index is 12.3. The fourth-order valence-electron chi connectivity index (χ4n) is 2.17. The number of aromatic amines is 1. The molecule has 2 rings (SSSR count). The standard InChI is InChI=1S/C16H21N3O2/c1-12-15(13(2)18-17-12)16(20)19(3)10-7-11-21-14-8-5-4-6-9-14/h4-6,8-9H,7,10-11H2,1-3H3,(H,17,18). The molecule has 1 aromatic heterocycles. The van der Waals surface area contributed by atoms with Gasteiger partial charge in [0.2, 0.25) is 0 Å². The minimum atomic E-state index is -0.00142. The summed E-state index contributed by atoms with van der Waals surface area (Å²) in [5, 5.41) is 6.90. The number of ether oxygens (including phenoxy) is 1. The van der Waals surface area contributed by atoms with E-state index >= 15 is 0 Å². The van der Waals surface area contributed by atoms with Gasteiger partial charge >= 0.3 is 0 Å². The van der Waals surface area contributed by atoms with Gasteiger partial charge in [0.1, 0.15) is 5.75 Å². The van der Waals surface area contributed by atoms with Gasteiger partial charge in [-0.25, -0.2) is 0 Å². The smallest absolute Gasteiger partial charge is 0.257 e. The Labute approximate surface area is 124 Å². The van der Waals surface area contributed by atoms with Crippen molar-refractivity contribution in [2.45, 2.75) is 20.3 Å². The van der Waals surface area contributed by atoms with Crippen molar-refractivity contribution in [3.05, 3.63) is 47.3 Å². The van der Waals surface area contributed by atoms with Crippen LogP contribution in [0.1, 0.15) is 28.2 Å². The maximum Gasteiger partial charge on any atom is 0.257 e. The number of nitrogens with one attached hydrogen (secondary N) is 1.